The molecule has 0 amide bonds. The fourth-order valence-electron chi connectivity index (χ4n) is 2.77. The van der Waals surface area contributed by atoms with Gasteiger partial charge in [-0.1, -0.05) is 0 Å². The van der Waals surface area contributed by atoms with Crippen LogP contribution < -0.4 is 10.6 Å². The van der Waals surface area contributed by atoms with Gasteiger partial charge in [0.15, 0.2) is 0 Å². The van der Waals surface area contributed by atoms with Crippen molar-refractivity contribution in [3.05, 3.63) is 0 Å². The summed E-state index contributed by atoms with van der Waals surface area (Å²) >= 11 is 0. The molecule has 1 aliphatic carbocycles. The van der Waals surface area contributed by atoms with Gasteiger partial charge in [0, 0.05) is 44.8 Å². The largest absolute Gasteiger partial charge is 0.374 e. The minimum Gasteiger partial charge on any atom is -0.374 e. The molecule has 2 atom stereocenters. The van der Waals surface area contributed by atoms with Crippen LogP contribution in [0.4, 0.5) is 0 Å². The van der Waals surface area contributed by atoms with E-state index in [1.54, 1.807) is 0 Å². The number of nitrogens with zero attached hydrogens (tertiary/aromatic N) is 1. The third-order valence-electron chi connectivity index (χ3n) is 3.92. The molecule has 2 heterocycles. The van der Waals surface area contributed by atoms with Crippen molar-refractivity contribution in [3.8, 4) is 0 Å². The fourth-order valence-corrected chi connectivity index (χ4v) is 2.77. The highest BCUT2D eigenvalue weighted by atomic mass is 16.5. The summed E-state index contributed by atoms with van der Waals surface area (Å²) in [6.45, 7) is 6.44. The Hall–Kier alpha value is -0.160. The van der Waals surface area contributed by atoms with Gasteiger partial charge in [0.25, 0.3) is 0 Å². The van der Waals surface area contributed by atoms with E-state index >= 15 is 0 Å². The molecule has 2 aliphatic heterocycles. The lowest BCUT2D eigenvalue weighted by Crippen LogP contribution is -2.46. The number of morpholine rings is 1. The van der Waals surface area contributed by atoms with Gasteiger partial charge in [-0.25, -0.2) is 0 Å². The van der Waals surface area contributed by atoms with E-state index in [-0.39, 0.29) is 0 Å². The highest BCUT2D eigenvalue weighted by molar-refractivity contribution is 4.92. The highest BCUT2D eigenvalue weighted by Crippen LogP contribution is 2.29. The summed E-state index contributed by atoms with van der Waals surface area (Å²) in [5.41, 5.74) is 0. The van der Waals surface area contributed by atoms with Crippen LogP contribution in [0.25, 0.3) is 0 Å². The van der Waals surface area contributed by atoms with Crippen molar-refractivity contribution in [2.24, 2.45) is 0 Å². The number of nitrogens with one attached hydrogen (secondary N) is 2. The third-order valence-corrected chi connectivity index (χ3v) is 3.92. The van der Waals surface area contributed by atoms with Crippen molar-refractivity contribution in [1.82, 2.24) is 15.5 Å². The lowest BCUT2D eigenvalue weighted by Gasteiger charge is -2.25. The van der Waals surface area contributed by atoms with Crippen LogP contribution in [0, 0.1) is 0 Å². The van der Waals surface area contributed by atoms with E-state index in [9.17, 15) is 0 Å². The fraction of sp³-hybridized carbons (Fsp3) is 1.00. The highest BCUT2D eigenvalue weighted by Gasteiger charge is 2.34. The Morgan fingerprint density at radius 3 is 3.00 bits per heavy atom. The van der Waals surface area contributed by atoms with E-state index in [1.165, 1.54) is 32.4 Å². The first-order chi connectivity index (χ1) is 7.92. The molecule has 92 valence electrons. The van der Waals surface area contributed by atoms with E-state index in [0.717, 1.165) is 32.3 Å². The van der Waals surface area contributed by atoms with Crippen molar-refractivity contribution in [2.75, 3.05) is 39.3 Å². The van der Waals surface area contributed by atoms with Crippen LogP contribution in [0.5, 0.6) is 0 Å². The standard InChI is InChI=1S/C12H23N3O/c1-2-11(1)15-5-3-10(9-15)14-8-12-7-13-4-6-16-12/h10-14H,1-9H2. The molecule has 0 spiro atoms. The first-order valence-corrected chi connectivity index (χ1v) is 6.71. The molecule has 0 bridgehead atoms. The molecule has 1 saturated carbocycles. The molecule has 3 aliphatic rings. The molecule has 0 radical (unpaired) electrons. The second-order valence-electron chi connectivity index (χ2n) is 5.32. The predicted molar refractivity (Wildman–Crippen MR) is 63.6 cm³/mol. The zero-order chi connectivity index (χ0) is 10.8. The molecule has 0 aromatic rings. The Balaban J connectivity index is 1.35. The number of likely N-dealkylation sites (tertiary alicyclic amines) is 1. The summed E-state index contributed by atoms with van der Waals surface area (Å²) in [6.07, 6.45) is 4.56. The van der Waals surface area contributed by atoms with Crippen molar-refractivity contribution in [2.45, 2.75) is 37.5 Å². The first kappa shape index (κ1) is 11.0. The van der Waals surface area contributed by atoms with E-state index in [2.05, 4.69) is 15.5 Å². The van der Waals surface area contributed by atoms with Crippen LogP contribution in [0.2, 0.25) is 0 Å². The Morgan fingerprint density at radius 2 is 2.25 bits per heavy atom. The minimum absolute atomic E-state index is 0.378. The van der Waals surface area contributed by atoms with E-state index in [0.29, 0.717) is 12.1 Å². The molecule has 4 nitrogen and oxygen atoms in total. The van der Waals surface area contributed by atoms with Gasteiger partial charge < -0.3 is 15.4 Å². The molecule has 16 heavy (non-hydrogen) atoms. The molecule has 2 N–H and O–H groups in total. The maximum atomic E-state index is 5.69. The summed E-state index contributed by atoms with van der Waals surface area (Å²) < 4.78 is 5.69. The second kappa shape index (κ2) is 5.00. The number of ether oxygens (including phenoxy) is 1. The minimum atomic E-state index is 0.378. The van der Waals surface area contributed by atoms with Crippen LogP contribution in [0.15, 0.2) is 0 Å². The lowest BCUT2D eigenvalue weighted by atomic mass is 10.2. The number of hydrogen-bond acceptors (Lipinski definition) is 4. The monoisotopic (exact) mass is 225 g/mol. The van der Waals surface area contributed by atoms with Gasteiger partial charge in [0.05, 0.1) is 12.7 Å². The zero-order valence-corrected chi connectivity index (χ0v) is 9.95. The SMILES string of the molecule is C1COC(CNC2CCN(C3CC3)C2)CN1. The summed E-state index contributed by atoms with van der Waals surface area (Å²) in [5, 5.41) is 7.03. The average Bonchev–Trinajstić information content (AvgIpc) is 3.08. The molecular weight excluding hydrogens is 202 g/mol. The maximum absolute atomic E-state index is 5.69. The predicted octanol–water partition coefficient (Wildman–Crippen LogP) is -0.199. The van der Waals surface area contributed by atoms with Crippen molar-refractivity contribution >= 4 is 0 Å². The second-order valence-corrected chi connectivity index (χ2v) is 5.32. The van der Waals surface area contributed by atoms with Gasteiger partial charge in [-0.3, -0.25) is 4.90 Å². The summed E-state index contributed by atoms with van der Waals surface area (Å²) in [5.74, 6) is 0. The number of rotatable bonds is 4. The Kier molecular flexibility index (Phi) is 3.43. The van der Waals surface area contributed by atoms with Crippen LogP contribution in [-0.2, 0) is 4.74 Å². The summed E-state index contributed by atoms with van der Waals surface area (Å²) in [7, 11) is 0. The molecule has 2 saturated heterocycles. The van der Waals surface area contributed by atoms with Crippen LogP contribution in [-0.4, -0.2) is 62.4 Å². The maximum Gasteiger partial charge on any atom is 0.0824 e. The normalized spacial score (nSPS) is 36.8. The van der Waals surface area contributed by atoms with E-state index < -0.39 is 0 Å². The van der Waals surface area contributed by atoms with Crippen molar-refractivity contribution < 1.29 is 4.74 Å². The molecule has 0 aromatic heterocycles. The molecular formula is C12H23N3O. The van der Waals surface area contributed by atoms with Crippen molar-refractivity contribution in [1.29, 1.82) is 0 Å². The van der Waals surface area contributed by atoms with Gasteiger partial charge in [-0.2, -0.15) is 0 Å². The van der Waals surface area contributed by atoms with Gasteiger partial charge in [0.1, 0.15) is 0 Å². The first-order valence-electron chi connectivity index (χ1n) is 6.71. The lowest BCUT2D eigenvalue weighted by molar-refractivity contribution is 0.0277. The molecule has 3 fully saturated rings. The van der Waals surface area contributed by atoms with Gasteiger partial charge in [-0.05, 0) is 19.3 Å². The van der Waals surface area contributed by atoms with Crippen LogP contribution >= 0.6 is 0 Å². The number of hydrogen-bond donors (Lipinski definition) is 2. The zero-order valence-electron chi connectivity index (χ0n) is 9.95. The molecule has 4 heteroatoms. The van der Waals surface area contributed by atoms with Gasteiger partial charge >= 0.3 is 0 Å². The molecule has 0 aromatic carbocycles. The topological polar surface area (TPSA) is 36.5 Å². The molecule has 3 rings (SSSR count). The van der Waals surface area contributed by atoms with E-state index in [1.807, 2.05) is 0 Å². The Morgan fingerprint density at radius 1 is 1.31 bits per heavy atom. The Labute approximate surface area is 97.7 Å². The molecule has 2 unspecified atom stereocenters. The summed E-state index contributed by atoms with van der Waals surface area (Å²) in [6, 6.07) is 1.63. The summed E-state index contributed by atoms with van der Waals surface area (Å²) in [4.78, 5) is 2.65. The van der Waals surface area contributed by atoms with Gasteiger partial charge in [0.2, 0.25) is 0 Å². The smallest absolute Gasteiger partial charge is 0.0824 e. The van der Waals surface area contributed by atoms with Gasteiger partial charge in [-0.15, -0.1) is 0 Å². The quantitative estimate of drug-likeness (QED) is 0.695. The Bertz CT molecular complexity index is 226. The third kappa shape index (κ3) is 2.74. The van der Waals surface area contributed by atoms with E-state index in [4.69, 9.17) is 4.74 Å². The van der Waals surface area contributed by atoms with Crippen LogP contribution in [0.1, 0.15) is 19.3 Å². The van der Waals surface area contributed by atoms with Crippen LogP contribution in [0.3, 0.4) is 0 Å². The van der Waals surface area contributed by atoms with Crippen molar-refractivity contribution in [3.63, 3.8) is 0 Å². The average molecular weight is 225 g/mol.